The molecule has 2 aromatic rings. The predicted molar refractivity (Wildman–Crippen MR) is 113 cm³/mol. The van der Waals surface area contributed by atoms with E-state index in [1.165, 1.54) is 4.31 Å². The zero-order valence-electron chi connectivity index (χ0n) is 16.6. The summed E-state index contributed by atoms with van der Waals surface area (Å²) in [6, 6.07) is 10.8. The lowest BCUT2D eigenvalue weighted by Crippen LogP contribution is -2.47. The van der Waals surface area contributed by atoms with Crippen LogP contribution in [0.4, 0.5) is 5.69 Å². The number of anilines is 1. The van der Waals surface area contributed by atoms with E-state index in [0.717, 1.165) is 0 Å². The van der Waals surface area contributed by atoms with Crippen molar-refractivity contribution < 1.29 is 17.6 Å². The van der Waals surface area contributed by atoms with E-state index in [2.05, 4.69) is 5.92 Å². The van der Waals surface area contributed by atoms with Gasteiger partial charge in [0.25, 0.3) is 0 Å². The van der Waals surface area contributed by atoms with Crippen LogP contribution < -0.4 is 4.90 Å². The first-order valence-electron chi connectivity index (χ1n) is 9.83. The van der Waals surface area contributed by atoms with Crippen LogP contribution in [0, 0.1) is 18.3 Å². The first kappa shape index (κ1) is 21.2. The molecular formula is C22H26N2O4S. The van der Waals surface area contributed by atoms with Gasteiger partial charge in [-0.25, -0.2) is 12.7 Å². The standard InChI is InChI=1S/C22H26N2O4S/c1-3-14-29(26,27)23-12-6-9-19(16-23)22(25)24(17-21-11-7-13-28-21)20-10-5-8-18(4-2)15-20/h2,5,7-8,10-11,13,15,19H,3,6,9,12,14,16-17H2,1H3. The molecule has 1 aromatic heterocycles. The van der Waals surface area contributed by atoms with Crippen molar-refractivity contribution in [3.05, 3.63) is 54.0 Å². The Hall–Kier alpha value is -2.56. The van der Waals surface area contributed by atoms with Gasteiger partial charge in [0.2, 0.25) is 15.9 Å². The van der Waals surface area contributed by atoms with Gasteiger partial charge in [-0.2, -0.15) is 0 Å². The molecule has 0 spiro atoms. The number of furan rings is 1. The van der Waals surface area contributed by atoms with E-state index in [-0.39, 0.29) is 24.7 Å². The summed E-state index contributed by atoms with van der Waals surface area (Å²) in [6.07, 6.45) is 8.96. The third-order valence-electron chi connectivity index (χ3n) is 5.07. The van der Waals surface area contributed by atoms with Gasteiger partial charge in [-0.05, 0) is 49.6 Å². The number of piperidine rings is 1. The number of nitrogens with zero attached hydrogens (tertiary/aromatic N) is 2. The fourth-order valence-corrected chi connectivity index (χ4v) is 5.21. The second-order valence-electron chi connectivity index (χ2n) is 7.21. The molecule has 6 nitrogen and oxygen atoms in total. The van der Waals surface area contributed by atoms with Crippen LogP contribution in [-0.4, -0.2) is 37.5 Å². The second-order valence-corrected chi connectivity index (χ2v) is 9.30. The van der Waals surface area contributed by atoms with Gasteiger partial charge in [-0.1, -0.05) is 18.9 Å². The number of carbonyl (C=O) groups excluding carboxylic acids is 1. The first-order valence-corrected chi connectivity index (χ1v) is 11.4. The summed E-state index contributed by atoms with van der Waals surface area (Å²) in [5.74, 6) is 2.82. The van der Waals surface area contributed by atoms with Gasteiger partial charge in [0, 0.05) is 24.3 Å². The maximum absolute atomic E-state index is 13.5. The number of amides is 1. The smallest absolute Gasteiger partial charge is 0.231 e. The van der Waals surface area contributed by atoms with E-state index in [0.29, 0.717) is 42.8 Å². The molecule has 1 amide bonds. The van der Waals surface area contributed by atoms with E-state index in [4.69, 9.17) is 10.8 Å². The fourth-order valence-electron chi connectivity index (χ4n) is 3.62. The summed E-state index contributed by atoms with van der Waals surface area (Å²) in [6.45, 7) is 2.79. The molecule has 1 aliphatic rings. The van der Waals surface area contributed by atoms with E-state index in [1.807, 2.05) is 25.1 Å². The molecule has 7 heteroatoms. The molecule has 154 valence electrons. The molecule has 1 fully saturated rings. The lowest BCUT2D eigenvalue weighted by molar-refractivity contribution is -0.123. The van der Waals surface area contributed by atoms with E-state index in [9.17, 15) is 13.2 Å². The van der Waals surface area contributed by atoms with Crippen molar-refractivity contribution in [3.63, 3.8) is 0 Å². The van der Waals surface area contributed by atoms with Crippen LogP contribution in [0.5, 0.6) is 0 Å². The highest BCUT2D eigenvalue weighted by atomic mass is 32.2. The monoisotopic (exact) mass is 414 g/mol. The minimum atomic E-state index is -3.33. The molecule has 2 heterocycles. The van der Waals surface area contributed by atoms with Gasteiger partial charge in [0.05, 0.1) is 24.5 Å². The van der Waals surface area contributed by atoms with Crippen LogP contribution in [0.2, 0.25) is 0 Å². The number of sulfonamides is 1. The molecule has 29 heavy (non-hydrogen) atoms. The van der Waals surface area contributed by atoms with Crippen LogP contribution in [0.3, 0.4) is 0 Å². The van der Waals surface area contributed by atoms with E-state index >= 15 is 0 Å². The van der Waals surface area contributed by atoms with Gasteiger partial charge in [0.15, 0.2) is 0 Å². The summed E-state index contributed by atoms with van der Waals surface area (Å²) >= 11 is 0. The molecule has 3 rings (SSSR count). The van der Waals surface area contributed by atoms with Crippen molar-refractivity contribution in [3.8, 4) is 12.3 Å². The Kier molecular flexibility index (Phi) is 6.78. The largest absolute Gasteiger partial charge is 0.467 e. The molecule has 1 aliphatic heterocycles. The lowest BCUT2D eigenvalue weighted by atomic mass is 9.97. The number of rotatable bonds is 7. The highest BCUT2D eigenvalue weighted by molar-refractivity contribution is 7.89. The molecule has 1 unspecified atom stereocenters. The zero-order valence-corrected chi connectivity index (χ0v) is 17.4. The molecule has 1 saturated heterocycles. The molecular weight excluding hydrogens is 388 g/mol. The van der Waals surface area contributed by atoms with Crippen molar-refractivity contribution >= 4 is 21.6 Å². The minimum Gasteiger partial charge on any atom is -0.467 e. The van der Waals surface area contributed by atoms with Crippen molar-refractivity contribution in [1.29, 1.82) is 0 Å². The highest BCUT2D eigenvalue weighted by Gasteiger charge is 2.34. The van der Waals surface area contributed by atoms with Crippen molar-refractivity contribution in [2.24, 2.45) is 5.92 Å². The van der Waals surface area contributed by atoms with Gasteiger partial charge in [-0.15, -0.1) is 6.42 Å². The summed E-state index contributed by atoms with van der Waals surface area (Å²) < 4.78 is 31.9. The topological polar surface area (TPSA) is 70.8 Å². The third-order valence-corrected chi connectivity index (χ3v) is 7.12. The maximum atomic E-state index is 13.5. The molecule has 1 aromatic carbocycles. The second kappa shape index (κ2) is 9.29. The van der Waals surface area contributed by atoms with Gasteiger partial charge in [-0.3, -0.25) is 4.79 Å². The Labute approximate surface area is 172 Å². The van der Waals surface area contributed by atoms with Crippen molar-refractivity contribution in [2.45, 2.75) is 32.7 Å². The summed E-state index contributed by atoms with van der Waals surface area (Å²) in [7, 11) is -3.33. The average molecular weight is 415 g/mol. The van der Waals surface area contributed by atoms with Gasteiger partial charge >= 0.3 is 0 Å². The average Bonchev–Trinajstić information content (AvgIpc) is 3.25. The highest BCUT2D eigenvalue weighted by Crippen LogP contribution is 2.26. The molecule has 0 aliphatic carbocycles. The Bertz CT molecular complexity index is 976. The third kappa shape index (κ3) is 5.08. The van der Waals surface area contributed by atoms with E-state index in [1.54, 1.807) is 29.4 Å². The molecule has 0 saturated carbocycles. The van der Waals surface area contributed by atoms with Crippen LogP contribution in [-0.2, 0) is 21.4 Å². The van der Waals surface area contributed by atoms with Crippen LogP contribution in [0.15, 0.2) is 47.1 Å². The molecule has 1 atom stereocenters. The predicted octanol–water partition coefficient (Wildman–Crippen LogP) is 3.25. The van der Waals surface area contributed by atoms with Crippen molar-refractivity contribution in [2.75, 3.05) is 23.7 Å². The Morgan fingerprint density at radius 1 is 1.34 bits per heavy atom. The summed E-state index contributed by atoms with van der Waals surface area (Å²) in [4.78, 5) is 15.1. The van der Waals surface area contributed by atoms with Gasteiger partial charge in [0.1, 0.15) is 5.76 Å². The summed E-state index contributed by atoms with van der Waals surface area (Å²) in [5, 5.41) is 0. The molecule has 0 radical (unpaired) electrons. The zero-order chi connectivity index (χ0) is 20.9. The number of terminal acetylenes is 1. The molecule has 0 N–H and O–H groups in total. The van der Waals surface area contributed by atoms with Crippen LogP contribution >= 0.6 is 0 Å². The van der Waals surface area contributed by atoms with Crippen LogP contribution in [0.25, 0.3) is 0 Å². The fraction of sp³-hybridized carbons (Fsp3) is 0.409. The minimum absolute atomic E-state index is 0.105. The van der Waals surface area contributed by atoms with Crippen molar-refractivity contribution in [1.82, 2.24) is 4.31 Å². The normalized spacial score (nSPS) is 17.6. The Morgan fingerprint density at radius 2 is 2.17 bits per heavy atom. The number of hydrogen-bond donors (Lipinski definition) is 0. The lowest BCUT2D eigenvalue weighted by Gasteiger charge is -2.34. The maximum Gasteiger partial charge on any atom is 0.231 e. The van der Waals surface area contributed by atoms with Crippen LogP contribution in [0.1, 0.15) is 37.5 Å². The number of benzene rings is 1. The number of carbonyl (C=O) groups is 1. The SMILES string of the molecule is C#Cc1cccc(N(Cc2ccco2)C(=O)C2CCCN(S(=O)(=O)CCC)C2)c1. The molecule has 0 bridgehead atoms. The van der Waals surface area contributed by atoms with E-state index < -0.39 is 15.9 Å². The summed E-state index contributed by atoms with van der Waals surface area (Å²) in [5.41, 5.74) is 1.35. The number of hydrogen-bond acceptors (Lipinski definition) is 4. The first-order chi connectivity index (χ1) is 13.9. The quantitative estimate of drug-likeness (QED) is 0.652. The Balaban J connectivity index is 1.86. The Morgan fingerprint density at radius 3 is 2.86 bits per heavy atom. The van der Waals surface area contributed by atoms with Gasteiger partial charge < -0.3 is 9.32 Å².